The second kappa shape index (κ2) is 7.30. The van der Waals surface area contributed by atoms with Crippen molar-refractivity contribution >= 4 is 23.2 Å². The Labute approximate surface area is 184 Å². The summed E-state index contributed by atoms with van der Waals surface area (Å²) in [6, 6.07) is 15.7. The van der Waals surface area contributed by atoms with Crippen molar-refractivity contribution in [1.82, 2.24) is 0 Å². The van der Waals surface area contributed by atoms with E-state index in [2.05, 4.69) is 29.6 Å². The van der Waals surface area contributed by atoms with Crippen LogP contribution in [-0.4, -0.2) is 11.5 Å². The van der Waals surface area contributed by atoms with Gasteiger partial charge in [-0.3, -0.25) is 4.79 Å². The summed E-state index contributed by atoms with van der Waals surface area (Å²) in [6.07, 6.45) is 8.42. The molecule has 4 heteroatoms. The number of benzene rings is 2. The number of amides is 1. The summed E-state index contributed by atoms with van der Waals surface area (Å²) in [5, 5.41) is 3.67. The molecule has 30 heavy (non-hydrogen) atoms. The maximum absolute atomic E-state index is 12.9. The van der Waals surface area contributed by atoms with E-state index in [-0.39, 0.29) is 5.91 Å². The Morgan fingerprint density at radius 3 is 2.00 bits per heavy atom. The van der Waals surface area contributed by atoms with Crippen LogP contribution in [0.1, 0.15) is 57.9 Å². The van der Waals surface area contributed by atoms with Crippen molar-refractivity contribution in [3.05, 3.63) is 59.1 Å². The Bertz CT molecular complexity index is 897. The summed E-state index contributed by atoms with van der Waals surface area (Å²) in [4.78, 5) is 12.9. The highest BCUT2D eigenvalue weighted by Crippen LogP contribution is 2.60. The van der Waals surface area contributed by atoms with Crippen molar-refractivity contribution in [1.29, 1.82) is 0 Å². The molecule has 0 unspecified atom stereocenters. The molecule has 0 heterocycles. The zero-order valence-corrected chi connectivity index (χ0v) is 18.5. The van der Waals surface area contributed by atoms with Crippen molar-refractivity contribution in [3.8, 4) is 5.75 Å². The van der Waals surface area contributed by atoms with E-state index in [4.69, 9.17) is 16.3 Å². The molecule has 1 amide bonds. The number of carbonyl (C=O) groups excluding carboxylic acids is 1. The fraction of sp³-hybridized carbons (Fsp3) is 0.500. The number of anilines is 1. The molecule has 4 saturated carbocycles. The molecule has 3 nitrogen and oxygen atoms in total. The van der Waals surface area contributed by atoms with Crippen LogP contribution < -0.4 is 10.1 Å². The van der Waals surface area contributed by atoms with Crippen molar-refractivity contribution in [2.24, 2.45) is 17.8 Å². The lowest BCUT2D eigenvalue weighted by molar-refractivity contribution is -0.128. The van der Waals surface area contributed by atoms with Crippen LogP contribution in [0.5, 0.6) is 5.75 Å². The fourth-order valence-corrected chi connectivity index (χ4v) is 6.62. The minimum absolute atomic E-state index is 0.167. The molecule has 0 atom stereocenters. The van der Waals surface area contributed by atoms with Gasteiger partial charge in [-0.25, -0.2) is 0 Å². The molecule has 4 aliphatic carbocycles. The third-order valence-electron chi connectivity index (χ3n) is 7.53. The molecule has 0 aromatic heterocycles. The van der Waals surface area contributed by atoms with Gasteiger partial charge in [-0.15, -0.1) is 0 Å². The molecular weight excluding hydrogens is 394 g/mol. The molecular formula is C26H30ClNO2. The minimum atomic E-state index is -0.994. The van der Waals surface area contributed by atoms with Crippen LogP contribution >= 0.6 is 11.6 Å². The maximum atomic E-state index is 12.9. The van der Waals surface area contributed by atoms with Crippen LogP contribution in [0, 0.1) is 17.8 Å². The van der Waals surface area contributed by atoms with Gasteiger partial charge in [0.05, 0.1) is 0 Å². The molecule has 158 valence electrons. The van der Waals surface area contributed by atoms with Gasteiger partial charge >= 0.3 is 0 Å². The molecule has 0 saturated heterocycles. The molecule has 4 fully saturated rings. The lowest BCUT2D eigenvalue weighted by Crippen LogP contribution is -2.48. The molecule has 4 aliphatic rings. The zero-order valence-electron chi connectivity index (χ0n) is 17.8. The highest BCUT2D eigenvalue weighted by Gasteiger charge is 2.51. The van der Waals surface area contributed by atoms with Gasteiger partial charge in [0.25, 0.3) is 5.91 Å². The van der Waals surface area contributed by atoms with Gasteiger partial charge in [0.2, 0.25) is 0 Å². The number of ether oxygens (including phenoxy) is 1. The highest BCUT2D eigenvalue weighted by atomic mass is 35.5. The summed E-state index contributed by atoms with van der Waals surface area (Å²) in [5.74, 6) is 3.25. The maximum Gasteiger partial charge on any atom is 0.267 e. The van der Waals surface area contributed by atoms with Crippen molar-refractivity contribution in [3.63, 3.8) is 0 Å². The molecule has 2 aromatic rings. The molecule has 0 radical (unpaired) electrons. The van der Waals surface area contributed by atoms with E-state index in [1.165, 1.54) is 44.1 Å². The van der Waals surface area contributed by atoms with Crippen molar-refractivity contribution < 1.29 is 9.53 Å². The average molecular weight is 424 g/mol. The predicted octanol–water partition coefficient (Wildman–Crippen LogP) is 6.60. The van der Waals surface area contributed by atoms with Crippen LogP contribution in [0.3, 0.4) is 0 Å². The summed E-state index contributed by atoms with van der Waals surface area (Å²) in [6.45, 7) is 3.56. The molecule has 0 spiro atoms. The summed E-state index contributed by atoms with van der Waals surface area (Å²) < 4.78 is 5.91. The SMILES string of the molecule is CC(C)(Oc1ccc(Cl)cc1)C(=O)Nc1ccc(C23CC4CC(CC(C4)C2)C3)cc1. The monoisotopic (exact) mass is 423 g/mol. The first-order valence-electron chi connectivity index (χ1n) is 11.2. The molecule has 4 bridgehead atoms. The van der Waals surface area contributed by atoms with Crippen LogP contribution in [0.15, 0.2) is 48.5 Å². The lowest BCUT2D eigenvalue weighted by Gasteiger charge is -2.57. The van der Waals surface area contributed by atoms with E-state index in [0.29, 0.717) is 16.2 Å². The van der Waals surface area contributed by atoms with Crippen LogP contribution in [0.4, 0.5) is 5.69 Å². The first-order valence-corrected chi connectivity index (χ1v) is 11.6. The standard InChI is InChI=1S/C26H30ClNO2/c1-25(2,30-23-9-5-21(27)6-10-23)24(29)28-22-7-3-20(4-8-22)26-14-17-11-18(15-26)13-19(12-17)16-26/h3-10,17-19H,11-16H2,1-2H3,(H,28,29). The van der Waals surface area contributed by atoms with Crippen molar-refractivity contribution in [2.45, 2.75) is 63.4 Å². The minimum Gasteiger partial charge on any atom is -0.478 e. The van der Waals surface area contributed by atoms with Gasteiger partial charge in [0.1, 0.15) is 5.75 Å². The molecule has 1 N–H and O–H groups in total. The number of carbonyl (C=O) groups is 1. The second-order valence-corrected chi connectivity index (χ2v) is 10.7. The number of halogens is 1. The van der Waals surface area contributed by atoms with E-state index < -0.39 is 5.60 Å². The van der Waals surface area contributed by atoms with E-state index in [0.717, 1.165) is 23.4 Å². The highest BCUT2D eigenvalue weighted by molar-refractivity contribution is 6.30. The van der Waals surface area contributed by atoms with Gasteiger partial charge in [-0.1, -0.05) is 23.7 Å². The molecule has 2 aromatic carbocycles. The zero-order chi connectivity index (χ0) is 20.9. The van der Waals surface area contributed by atoms with E-state index >= 15 is 0 Å². The van der Waals surface area contributed by atoms with Gasteiger partial charge in [0.15, 0.2) is 5.60 Å². The quantitative estimate of drug-likeness (QED) is 0.588. The number of nitrogens with one attached hydrogen (secondary N) is 1. The fourth-order valence-electron chi connectivity index (χ4n) is 6.50. The number of rotatable bonds is 5. The van der Waals surface area contributed by atoms with E-state index in [9.17, 15) is 4.79 Å². The van der Waals surface area contributed by atoms with Crippen LogP contribution in [-0.2, 0) is 10.2 Å². The topological polar surface area (TPSA) is 38.3 Å². The third kappa shape index (κ3) is 3.73. The smallest absolute Gasteiger partial charge is 0.267 e. The van der Waals surface area contributed by atoms with E-state index in [1.807, 2.05) is 0 Å². The molecule has 0 aliphatic heterocycles. The van der Waals surface area contributed by atoms with Gasteiger partial charge < -0.3 is 10.1 Å². The second-order valence-electron chi connectivity index (χ2n) is 10.3. The van der Waals surface area contributed by atoms with E-state index in [1.54, 1.807) is 38.1 Å². The lowest BCUT2D eigenvalue weighted by atomic mass is 9.48. The normalized spacial score (nSPS) is 29.6. The Morgan fingerprint density at radius 1 is 0.933 bits per heavy atom. The predicted molar refractivity (Wildman–Crippen MR) is 121 cm³/mol. The Balaban J connectivity index is 1.27. The summed E-state index contributed by atoms with van der Waals surface area (Å²) in [7, 11) is 0. The summed E-state index contributed by atoms with van der Waals surface area (Å²) >= 11 is 5.93. The average Bonchev–Trinajstić information content (AvgIpc) is 2.69. The Kier molecular flexibility index (Phi) is 4.85. The first-order chi connectivity index (χ1) is 14.3. The largest absolute Gasteiger partial charge is 0.478 e. The third-order valence-corrected chi connectivity index (χ3v) is 7.78. The van der Waals surface area contributed by atoms with Gasteiger partial charge in [-0.2, -0.15) is 0 Å². The van der Waals surface area contributed by atoms with Gasteiger partial charge in [0, 0.05) is 10.7 Å². The van der Waals surface area contributed by atoms with Crippen molar-refractivity contribution in [2.75, 3.05) is 5.32 Å². The Morgan fingerprint density at radius 2 is 1.47 bits per heavy atom. The first kappa shape index (κ1) is 19.9. The number of hydrogen-bond acceptors (Lipinski definition) is 2. The molecule has 6 rings (SSSR count). The van der Waals surface area contributed by atoms with Gasteiger partial charge in [-0.05, 0) is 118 Å². The summed E-state index contributed by atoms with van der Waals surface area (Å²) in [5.41, 5.74) is 1.68. The van der Waals surface area contributed by atoms with Crippen LogP contribution in [0.2, 0.25) is 5.02 Å². The van der Waals surface area contributed by atoms with Crippen LogP contribution in [0.25, 0.3) is 0 Å². The number of hydrogen-bond donors (Lipinski definition) is 1. The Hall–Kier alpha value is -2.00.